The first-order valence-corrected chi connectivity index (χ1v) is 10.9. The van der Waals surface area contributed by atoms with Crippen molar-refractivity contribution in [3.8, 4) is 11.1 Å². The summed E-state index contributed by atoms with van der Waals surface area (Å²) in [7, 11) is -4.23. The Bertz CT molecular complexity index is 1310. The van der Waals surface area contributed by atoms with Crippen LogP contribution in [0.2, 0.25) is 5.02 Å². The molecule has 0 fully saturated rings. The minimum absolute atomic E-state index is 0.0622. The molecule has 0 unspecified atom stereocenters. The van der Waals surface area contributed by atoms with Crippen LogP contribution in [0, 0.1) is 0 Å². The van der Waals surface area contributed by atoms with E-state index in [-0.39, 0.29) is 4.21 Å². The third-order valence-corrected chi connectivity index (χ3v) is 7.92. The highest BCUT2D eigenvalue weighted by Gasteiger charge is 2.33. The molecule has 0 saturated heterocycles. The largest absolute Gasteiger partial charge is 0.416 e. The zero-order chi connectivity index (χ0) is 20.8. The molecule has 0 amide bonds. The number of benzene rings is 2. The van der Waals surface area contributed by atoms with Gasteiger partial charge < -0.3 is 0 Å². The number of rotatable bonds is 3. The summed E-state index contributed by atoms with van der Waals surface area (Å²) < 4.78 is 65.9. The van der Waals surface area contributed by atoms with Crippen LogP contribution in [0.3, 0.4) is 0 Å². The lowest BCUT2D eigenvalue weighted by Gasteiger charge is -2.10. The summed E-state index contributed by atoms with van der Waals surface area (Å²) in [5, 5.41) is 1.08. The maximum atomic E-state index is 13.3. The van der Waals surface area contributed by atoms with Gasteiger partial charge in [0, 0.05) is 22.2 Å². The van der Waals surface area contributed by atoms with Crippen LogP contribution >= 0.6 is 22.9 Å². The zero-order valence-electron chi connectivity index (χ0n) is 14.4. The summed E-state index contributed by atoms with van der Waals surface area (Å²) in [6.07, 6.45) is -3.11. The molecule has 0 saturated carbocycles. The third kappa shape index (κ3) is 3.63. The first-order valence-electron chi connectivity index (χ1n) is 8.24. The molecule has 2 aromatic carbocycles. The number of hydrogen-bond acceptors (Lipinski definition) is 4. The fraction of sp³-hybridized carbons (Fsp3) is 0.0500. The normalized spacial score (nSPS) is 12.4. The standard InChI is InChI=1S/C20H11ClF3NO2S2/c21-14-8-6-12(7-9-14)17-16-5-2-10-25-18(16)28-19(17)29(26,27)15-4-1-3-13(11-15)20(22,23)24/h1-11H. The van der Waals surface area contributed by atoms with Crippen molar-refractivity contribution >= 4 is 43.0 Å². The van der Waals surface area contributed by atoms with Gasteiger partial charge in [-0.3, -0.25) is 0 Å². The number of fused-ring (bicyclic) bond motifs is 1. The van der Waals surface area contributed by atoms with Crippen LogP contribution in [-0.2, 0) is 16.0 Å². The van der Waals surface area contributed by atoms with Crippen molar-refractivity contribution in [1.29, 1.82) is 0 Å². The number of thiophene rings is 1. The quantitative estimate of drug-likeness (QED) is 0.357. The molecular formula is C20H11ClF3NO2S2. The third-order valence-electron chi connectivity index (χ3n) is 4.28. The maximum Gasteiger partial charge on any atom is 0.416 e. The highest BCUT2D eigenvalue weighted by molar-refractivity contribution is 7.93. The Morgan fingerprint density at radius 3 is 2.38 bits per heavy atom. The molecule has 9 heteroatoms. The van der Waals surface area contributed by atoms with E-state index in [0.29, 0.717) is 32.4 Å². The summed E-state index contributed by atoms with van der Waals surface area (Å²) in [4.78, 5) is 4.27. The molecule has 0 radical (unpaired) electrons. The van der Waals surface area contributed by atoms with Crippen molar-refractivity contribution in [2.45, 2.75) is 15.3 Å². The lowest BCUT2D eigenvalue weighted by atomic mass is 10.1. The molecule has 0 aliphatic heterocycles. The summed E-state index contributed by atoms with van der Waals surface area (Å²) in [5.41, 5.74) is -0.0442. The second-order valence-electron chi connectivity index (χ2n) is 6.16. The second kappa shape index (κ2) is 7.12. The Balaban J connectivity index is 1.99. The van der Waals surface area contributed by atoms with Gasteiger partial charge in [0.25, 0.3) is 0 Å². The van der Waals surface area contributed by atoms with E-state index in [4.69, 9.17) is 11.6 Å². The van der Waals surface area contributed by atoms with Crippen LogP contribution in [-0.4, -0.2) is 13.4 Å². The Kier molecular flexibility index (Phi) is 4.88. The van der Waals surface area contributed by atoms with Gasteiger partial charge in [-0.1, -0.05) is 29.8 Å². The van der Waals surface area contributed by atoms with Gasteiger partial charge in [-0.2, -0.15) is 13.2 Å². The Hall–Kier alpha value is -2.42. The highest BCUT2D eigenvalue weighted by atomic mass is 35.5. The molecule has 29 heavy (non-hydrogen) atoms. The van der Waals surface area contributed by atoms with E-state index >= 15 is 0 Å². The van der Waals surface area contributed by atoms with Gasteiger partial charge in [0.1, 0.15) is 9.04 Å². The molecule has 148 valence electrons. The van der Waals surface area contributed by atoms with E-state index in [1.807, 2.05) is 0 Å². The minimum atomic E-state index is -4.65. The van der Waals surface area contributed by atoms with Crippen molar-refractivity contribution in [1.82, 2.24) is 4.98 Å². The molecule has 2 heterocycles. The average Bonchev–Trinajstić information content (AvgIpc) is 3.08. The topological polar surface area (TPSA) is 47.0 Å². The van der Waals surface area contributed by atoms with E-state index < -0.39 is 26.5 Å². The molecule has 0 bridgehead atoms. The van der Waals surface area contributed by atoms with Gasteiger partial charge in [-0.25, -0.2) is 13.4 Å². The van der Waals surface area contributed by atoms with Crippen molar-refractivity contribution in [3.63, 3.8) is 0 Å². The number of halogens is 4. The molecule has 0 aliphatic carbocycles. The highest BCUT2D eigenvalue weighted by Crippen LogP contribution is 2.43. The molecule has 0 spiro atoms. The first-order chi connectivity index (χ1) is 13.7. The van der Waals surface area contributed by atoms with E-state index in [1.54, 1.807) is 36.4 Å². The number of aromatic nitrogens is 1. The van der Waals surface area contributed by atoms with Crippen LogP contribution in [0.1, 0.15) is 5.56 Å². The average molecular weight is 454 g/mol. The Labute approximate surface area is 173 Å². The Morgan fingerprint density at radius 1 is 0.966 bits per heavy atom. The number of nitrogens with zero attached hydrogens (tertiary/aromatic N) is 1. The number of sulfone groups is 1. The zero-order valence-corrected chi connectivity index (χ0v) is 16.8. The van der Waals surface area contributed by atoms with Crippen molar-refractivity contribution in [3.05, 3.63) is 77.4 Å². The van der Waals surface area contributed by atoms with Gasteiger partial charge in [0.2, 0.25) is 9.84 Å². The van der Waals surface area contributed by atoms with Gasteiger partial charge in [-0.15, -0.1) is 11.3 Å². The van der Waals surface area contributed by atoms with E-state index in [9.17, 15) is 21.6 Å². The molecule has 3 nitrogen and oxygen atoms in total. The summed E-state index contributed by atoms with van der Waals surface area (Å²) in [6.45, 7) is 0. The monoisotopic (exact) mass is 453 g/mol. The number of hydrogen-bond donors (Lipinski definition) is 0. The number of alkyl halides is 3. The molecular weight excluding hydrogens is 443 g/mol. The second-order valence-corrected chi connectivity index (χ2v) is 9.74. The summed E-state index contributed by atoms with van der Waals surface area (Å²) >= 11 is 6.87. The van der Waals surface area contributed by atoms with Gasteiger partial charge in [0.15, 0.2) is 0 Å². The molecule has 0 N–H and O–H groups in total. The van der Waals surface area contributed by atoms with Crippen LogP contribution in [0.15, 0.2) is 76.0 Å². The summed E-state index contributed by atoms with van der Waals surface area (Å²) in [5.74, 6) is 0. The molecule has 0 atom stereocenters. The lowest BCUT2D eigenvalue weighted by molar-refractivity contribution is -0.137. The summed E-state index contributed by atoms with van der Waals surface area (Å²) in [6, 6.07) is 13.7. The van der Waals surface area contributed by atoms with Gasteiger partial charge in [-0.05, 0) is 48.0 Å². The Morgan fingerprint density at radius 2 is 1.69 bits per heavy atom. The predicted molar refractivity (Wildman–Crippen MR) is 107 cm³/mol. The van der Waals surface area contributed by atoms with E-state index in [1.165, 1.54) is 6.20 Å². The van der Waals surface area contributed by atoms with Gasteiger partial charge in [0.05, 0.1) is 10.5 Å². The van der Waals surface area contributed by atoms with Crippen molar-refractivity contribution < 1.29 is 21.6 Å². The maximum absolute atomic E-state index is 13.3. The smallest absolute Gasteiger partial charge is 0.245 e. The minimum Gasteiger partial charge on any atom is -0.245 e. The van der Waals surface area contributed by atoms with E-state index in [0.717, 1.165) is 29.5 Å². The lowest BCUT2D eigenvalue weighted by Crippen LogP contribution is -2.08. The van der Waals surface area contributed by atoms with Crippen LogP contribution in [0.25, 0.3) is 21.3 Å². The van der Waals surface area contributed by atoms with E-state index in [2.05, 4.69) is 4.98 Å². The van der Waals surface area contributed by atoms with Crippen LogP contribution in [0.5, 0.6) is 0 Å². The fourth-order valence-electron chi connectivity index (χ4n) is 2.94. The first kappa shape index (κ1) is 19.9. The van der Waals surface area contributed by atoms with Crippen LogP contribution < -0.4 is 0 Å². The molecule has 2 aromatic heterocycles. The number of pyridine rings is 1. The molecule has 0 aliphatic rings. The van der Waals surface area contributed by atoms with Crippen molar-refractivity contribution in [2.24, 2.45) is 0 Å². The van der Waals surface area contributed by atoms with Crippen LogP contribution in [0.4, 0.5) is 13.2 Å². The SMILES string of the molecule is O=S(=O)(c1cccc(C(F)(F)F)c1)c1sc2ncccc2c1-c1ccc(Cl)cc1. The molecule has 4 rings (SSSR count). The fourth-order valence-corrected chi connectivity index (χ4v) is 6.18. The predicted octanol–water partition coefficient (Wildman–Crippen LogP) is 6.47. The van der Waals surface area contributed by atoms with Gasteiger partial charge >= 0.3 is 6.18 Å². The molecule has 4 aromatic rings. The van der Waals surface area contributed by atoms with Crippen molar-refractivity contribution in [2.75, 3.05) is 0 Å².